The topological polar surface area (TPSA) is 97.8 Å². The molecule has 0 amide bonds. The predicted octanol–water partition coefficient (Wildman–Crippen LogP) is 1.74. The molecule has 2 rings (SSSR count). The van der Waals surface area contributed by atoms with Crippen molar-refractivity contribution in [3.8, 4) is 0 Å². The molecule has 4 atom stereocenters. The molecule has 148 valence electrons. The second-order valence-electron chi connectivity index (χ2n) is 8.43. The van der Waals surface area contributed by atoms with E-state index in [1.165, 1.54) is 4.57 Å². The van der Waals surface area contributed by atoms with Gasteiger partial charge in [0.05, 0.1) is 17.8 Å². The molecule has 1 aromatic rings. The van der Waals surface area contributed by atoms with Crippen molar-refractivity contribution in [3.63, 3.8) is 0 Å². The van der Waals surface area contributed by atoms with Crippen molar-refractivity contribution in [1.29, 1.82) is 0 Å². The SMILES string of the molecule is COC1[C@@H](COC(C)(C)C)O[C@@H](n2ccc(N)nc2=O)[C@H]1OC(C)(C)C. The molecule has 1 aromatic heterocycles. The Labute approximate surface area is 154 Å². The lowest BCUT2D eigenvalue weighted by atomic mass is 10.1. The van der Waals surface area contributed by atoms with Crippen molar-refractivity contribution in [2.45, 2.75) is 77.3 Å². The minimum absolute atomic E-state index is 0.161. The first-order chi connectivity index (χ1) is 11.9. The van der Waals surface area contributed by atoms with Gasteiger partial charge in [-0.2, -0.15) is 4.98 Å². The minimum atomic E-state index is -0.687. The van der Waals surface area contributed by atoms with E-state index in [9.17, 15) is 4.79 Å². The molecule has 1 aliphatic rings. The molecule has 1 aliphatic heterocycles. The molecule has 26 heavy (non-hydrogen) atoms. The van der Waals surface area contributed by atoms with E-state index in [-0.39, 0.29) is 17.5 Å². The molecule has 0 radical (unpaired) electrons. The van der Waals surface area contributed by atoms with Crippen molar-refractivity contribution in [1.82, 2.24) is 9.55 Å². The van der Waals surface area contributed by atoms with Crippen LogP contribution in [0.4, 0.5) is 5.82 Å². The number of nitrogens with zero attached hydrogens (tertiary/aromatic N) is 2. The lowest BCUT2D eigenvalue weighted by Gasteiger charge is -2.31. The summed E-state index contributed by atoms with van der Waals surface area (Å²) in [5, 5.41) is 0. The lowest BCUT2D eigenvalue weighted by Crippen LogP contribution is -2.43. The van der Waals surface area contributed by atoms with E-state index in [1.807, 2.05) is 41.5 Å². The van der Waals surface area contributed by atoms with Crippen LogP contribution >= 0.6 is 0 Å². The smallest absolute Gasteiger partial charge is 0.351 e. The van der Waals surface area contributed by atoms with Gasteiger partial charge in [0.2, 0.25) is 0 Å². The molecule has 0 saturated carbocycles. The van der Waals surface area contributed by atoms with Gasteiger partial charge in [-0.15, -0.1) is 0 Å². The van der Waals surface area contributed by atoms with Gasteiger partial charge in [-0.25, -0.2) is 4.79 Å². The zero-order valence-electron chi connectivity index (χ0n) is 16.7. The van der Waals surface area contributed by atoms with E-state index >= 15 is 0 Å². The number of ether oxygens (including phenoxy) is 4. The number of rotatable bonds is 5. The summed E-state index contributed by atoms with van der Waals surface area (Å²) < 4.78 is 25.3. The van der Waals surface area contributed by atoms with Gasteiger partial charge in [-0.05, 0) is 47.6 Å². The van der Waals surface area contributed by atoms with Gasteiger partial charge in [0.25, 0.3) is 0 Å². The number of nitrogen functional groups attached to an aromatic ring is 1. The fourth-order valence-electron chi connectivity index (χ4n) is 2.84. The number of hydrogen-bond acceptors (Lipinski definition) is 7. The highest BCUT2D eigenvalue weighted by Crippen LogP contribution is 2.35. The lowest BCUT2D eigenvalue weighted by molar-refractivity contribution is -0.135. The van der Waals surface area contributed by atoms with Crippen LogP contribution < -0.4 is 11.4 Å². The fourth-order valence-corrected chi connectivity index (χ4v) is 2.84. The maximum Gasteiger partial charge on any atom is 0.351 e. The van der Waals surface area contributed by atoms with Crippen molar-refractivity contribution < 1.29 is 18.9 Å². The van der Waals surface area contributed by atoms with Gasteiger partial charge in [0.15, 0.2) is 6.23 Å². The number of aromatic nitrogens is 2. The molecule has 0 bridgehead atoms. The zero-order chi connectivity index (χ0) is 19.7. The fraction of sp³-hybridized carbons (Fsp3) is 0.778. The molecule has 2 heterocycles. The third-order valence-corrected chi connectivity index (χ3v) is 3.85. The molecule has 2 N–H and O–H groups in total. The van der Waals surface area contributed by atoms with E-state index in [4.69, 9.17) is 24.7 Å². The Morgan fingerprint density at radius 2 is 1.85 bits per heavy atom. The first kappa shape index (κ1) is 20.8. The number of methoxy groups -OCH3 is 1. The first-order valence-electron chi connectivity index (χ1n) is 8.76. The van der Waals surface area contributed by atoms with Crippen molar-refractivity contribution in [2.75, 3.05) is 19.5 Å². The molecule has 0 aliphatic carbocycles. The highest BCUT2D eigenvalue weighted by molar-refractivity contribution is 5.23. The molecular weight excluding hydrogens is 338 g/mol. The van der Waals surface area contributed by atoms with Crippen LogP contribution in [0, 0.1) is 0 Å². The summed E-state index contributed by atoms with van der Waals surface area (Å²) in [6, 6.07) is 1.56. The van der Waals surface area contributed by atoms with Crippen LogP contribution in [-0.2, 0) is 18.9 Å². The zero-order valence-corrected chi connectivity index (χ0v) is 16.7. The second-order valence-corrected chi connectivity index (χ2v) is 8.43. The molecule has 1 unspecified atom stereocenters. The third-order valence-electron chi connectivity index (χ3n) is 3.85. The molecule has 1 saturated heterocycles. The molecule has 1 fully saturated rings. The van der Waals surface area contributed by atoms with Crippen LogP contribution in [0.2, 0.25) is 0 Å². The highest BCUT2D eigenvalue weighted by Gasteiger charge is 2.49. The molecule has 0 aromatic carbocycles. The van der Waals surface area contributed by atoms with Crippen molar-refractivity contribution in [2.24, 2.45) is 0 Å². The normalized spacial score (nSPS) is 27.0. The van der Waals surface area contributed by atoms with Gasteiger partial charge in [0.1, 0.15) is 24.1 Å². The Morgan fingerprint density at radius 1 is 1.19 bits per heavy atom. The van der Waals surface area contributed by atoms with Crippen LogP contribution in [-0.4, -0.2) is 52.8 Å². The Hall–Kier alpha value is -1.48. The summed E-state index contributed by atoms with van der Waals surface area (Å²) in [5.41, 5.74) is 4.33. The largest absolute Gasteiger partial charge is 0.383 e. The summed E-state index contributed by atoms with van der Waals surface area (Å²) in [7, 11) is 1.60. The first-order valence-corrected chi connectivity index (χ1v) is 8.76. The van der Waals surface area contributed by atoms with E-state index in [0.717, 1.165) is 0 Å². The van der Waals surface area contributed by atoms with E-state index in [1.54, 1.807) is 19.4 Å². The molecule has 8 nitrogen and oxygen atoms in total. The van der Waals surface area contributed by atoms with Crippen LogP contribution in [0.1, 0.15) is 47.8 Å². The Kier molecular flexibility index (Phi) is 6.12. The van der Waals surface area contributed by atoms with Crippen LogP contribution in [0.25, 0.3) is 0 Å². The Bertz CT molecular complexity index is 662. The third kappa shape index (κ3) is 5.26. The summed E-state index contributed by atoms with van der Waals surface area (Å²) in [6.45, 7) is 12.1. The predicted molar refractivity (Wildman–Crippen MR) is 97.9 cm³/mol. The minimum Gasteiger partial charge on any atom is -0.383 e. The quantitative estimate of drug-likeness (QED) is 0.844. The summed E-state index contributed by atoms with van der Waals surface area (Å²) in [6.07, 6.45) is -0.411. The average molecular weight is 369 g/mol. The molecular formula is C18H31N3O5. The van der Waals surface area contributed by atoms with Crippen molar-refractivity contribution >= 4 is 5.82 Å². The van der Waals surface area contributed by atoms with Crippen LogP contribution in [0.5, 0.6) is 0 Å². The van der Waals surface area contributed by atoms with E-state index in [0.29, 0.717) is 6.61 Å². The van der Waals surface area contributed by atoms with Gasteiger partial charge in [-0.1, -0.05) is 0 Å². The maximum absolute atomic E-state index is 12.3. The van der Waals surface area contributed by atoms with Crippen LogP contribution in [0.15, 0.2) is 17.1 Å². The average Bonchev–Trinajstić information content (AvgIpc) is 2.80. The van der Waals surface area contributed by atoms with Gasteiger partial charge < -0.3 is 24.7 Å². The maximum atomic E-state index is 12.3. The summed E-state index contributed by atoms with van der Waals surface area (Å²) in [4.78, 5) is 16.1. The molecule has 0 spiro atoms. The highest BCUT2D eigenvalue weighted by atomic mass is 16.6. The Morgan fingerprint density at radius 3 is 2.35 bits per heavy atom. The summed E-state index contributed by atoms with van der Waals surface area (Å²) >= 11 is 0. The van der Waals surface area contributed by atoms with Crippen LogP contribution in [0.3, 0.4) is 0 Å². The van der Waals surface area contributed by atoms with Gasteiger partial charge in [-0.3, -0.25) is 4.57 Å². The van der Waals surface area contributed by atoms with Crippen molar-refractivity contribution in [3.05, 3.63) is 22.7 Å². The second kappa shape index (κ2) is 7.64. The molecule has 8 heteroatoms. The van der Waals surface area contributed by atoms with Gasteiger partial charge in [0, 0.05) is 13.3 Å². The van der Waals surface area contributed by atoms with E-state index < -0.39 is 29.7 Å². The summed E-state index contributed by atoms with van der Waals surface area (Å²) in [5.74, 6) is 0.161. The van der Waals surface area contributed by atoms with Gasteiger partial charge >= 0.3 is 5.69 Å². The number of hydrogen-bond donors (Lipinski definition) is 1. The Balaban J connectivity index is 2.35. The standard InChI is InChI=1S/C18H31N3O5/c1-17(2,3)24-10-11-13(23-7)14(26-18(4,5)6)15(25-11)21-9-8-12(19)20-16(21)22/h8-9,11,13-15H,10H2,1-7H3,(H2,19,20,22)/t11-,13?,14+,15-/m1/s1. The number of nitrogens with two attached hydrogens (primary N) is 1. The number of anilines is 1. The monoisotopic (exact) mass is 369 g/mol. The van der Waals surface area contributed by atoms with E-state index in [2.05, 4.69) is 4.98 Å².